The van der Waals surface area contributed by atoms with E-state index in [0.29, 0.717) is 6.04 Å². The Kier molecular flexibility index (Phi) is 2.00. The average Bonchev–Trinajstić information content (AvgIpc) is 2.00. The van der Waals surface area contributed by atoms with Gasteiger partial charge in [-0.1, -0.05) is 12.1 Å². The van der Waals surface area contributed by atoms with Crippen molar-refractivity contribution in [3.63, 3.8) is 0 Å². The molecule has 12 heavy (non-hydrogen) atoms. The number of nitrogen functional groups attached to an aromatic ring is 1. The molecule has 2 rings (SSSR count). The molecule has 1 fully saturated rings. The van der Waals surface area contributed by atoms with E-state index in [0.717, 1.165) is 12.1 Å². The van der Waals surface area contributed by atoms with Gasteiger partial charge in [0.15, 0.2) is 0 Å². The van der Waals surface area contributed by atoms with Crippen molar-refractivity contribution in [2.75, 3.05) is 12.3 Å². The van der Waals surface area contributed by atoms with Gasteiger partial charge in [0.25, 0.3) is 0 Å². The molecular formula is C10H14N2. The van der Waals surface area contributed by atoms with Crippen LogP contribution in [0.1, 0.15) is 12.0 Å². The lowest BCUT2D eigenvalue weighted by molar-refractivity contribution is 0.369. The maximum absolute atomic E-state index is 5.59. The summed E-state index contributed by atoms with van der Waals surface area (Å²) >= 11 is 0. The van der Waals surface area contributed by atoms with Crippen molar-refractivity contribution < 1.29 is 0 Å². The smallest absolute Gasteiger partial charge is 0.0314 e. The van der Waals surface area contributed by atoms with Crippen LogP contribution in [0.4, 0.5) is 5.69 Å². The Bertz CT molecular complexity index is 249. The summed E-state index contributed by atoms with van der Waals surface area (Å²) in [6, 6.07) is 8.85. The van der Waals surface area contributed by atoms with Gasteiger partial charge in [-0.05, 0) is 37.1 Å². The van der Waals surface area contributed by atoms with Crippen LogP contribution in [-0.4, -0.2) is 12.6 Å². The lowest BCUT2D eigenvalue weighted by atomic mass is 9.98. The summed E-state index contributed by atoms with van der Waals surface area (Å²) < 4.78 is 0. The van der Waals surface area contributed by atoms with Crippen LogP contribution in [-0.2, 0) is 6.42 Å². The lowest BCUT2D eigenvalue weighted by Gasteiger charge is -2.27. The number of nitrogens with one attached hydrogen (secondary N) is 1. The summed E-state index contributed by atoms with van der Waals surface area (Å²) in [4.78, 5) is 0. The fraction of sp³-hybridized carbons (Fsp3) is 0.400. The molecule has 1 atom stereocenters. The summed E-state index contributed by atoms with van der Waals surface area (Å²) in [7, 11) is 0. The second-order valence-corrected chi connectivity index (χ2v) is 3.39. The third kappa shape index (κ3) is 1.59. The standard InChI is InChI=1S/C10H14N2/c11-9-3-1-8(2-4-9)7-10-5-6-12-10/h1-4,10,12H,5-7,11H2. The summed E-state index contributed by atoms with van der Waals surface area (Å²) in [6.45, 7) is 1.18. The van der Waals surface area contributed by atoms with E-state index in [1.165, 1.54) is 18.5 Å². The van der Waals surface area contributed by atoms with Gasteiger partial charge < -0.3 is 11.1 Å². The third-order valence-electron chi connectivity index (χ3n) is 2.39. The van der Waals surface area contributed by atoms with Gasteiger partial charge >= 0.3 is 0 Å². The Morgan fingerprint density at radius 1 is 1.33 bits per heavy atom. The minimum absolute atomic E-state index is 0.702. The Morgan fingerprint density at radius 2 is 2.00 bits per heavy atom. The Labute approximate surface area is 72.8 Å². The summed E-state index contributed by atoms with van der Waals surface area (Å²) in [5.74, 6) is 0. The molecule has 1 aromatic carbocycles. The fourth-order valence-corrected chi connectivity index (χ4v) is 1.46. The highest BCUT2D eigenvalue weighted by molar-refractivity contribution is 5.39. The highest BCUT2D eigenvalue weighted by Crippen LogP contribution is 2.12. The van der Waals surface area contributed by atoms with Crippen LogP contribution < -0.4 is 11.1 Å². The van der Waals surface area contributed by atoms with Gasteiger partial charge in [0.1, 0.15) is 0 Å². The van der Waals surface area contributed by atoms with Crippen LogP contribution in [0, 0.1) is 0 Å². The monoisotopic (exact) mass is 162 g/mol. The van der Waals surface area contributed by atoms with Crippen LogP contribution in [0.5, 0.6) is 0 Å². The van der Waals surface area contributed by atoms with Crippen LogP contribution in [0.15, 0.2) is 24.3 Å². The maximum atomic E-state index is 5.59. The quantitative estimate of drug-likeness (QED) is 0.641. The van der Waals surface area contributed by atoms with Crippen molar-refractivity contribution in [1.82, 2.24) is 5.32 Å². The van der Waals surface area contributed by atoms with Crippen LogP contribution >= 0.6 is 0 Å². The average molecular weight is 162 g/mol. The van der Waals surface area contributed by atoms with Gasteiger partial charge in [0.2, 0.25) is 0 Å². The lowest BCUT2D eigenvalue weighted by Crippen LogP contribution is -2.44. The molecule has 0 saturated carbocycles. The van der Waals surface area contributed by atoms with Crippen molar-refractivity contribution in [2.45, 2.75) is 18.9 Å². The maximum Gasteiger partial charge on any atom is 0.0314 e. The summed E-state index contributed by atoms with van der Waals surface area (Å²) in [6.07, 6.45) is 2.45. The highest BCUT2D eigenvalue weighted by atomic mass is 15.0. The first-order valence-corrected chi connectivity index (χ1v) is 4.42. The Balaban J connectivity index is 1.98. The second-order valence-electron chi connectivity index (χ2n) is 3.39. The molecule has 0 radical (unpaired) electrons. The zero-order chi connectivity index (χ0) is 8.39. The Hall–Kier alpha value is -1.02. The second kappa shape index (κ2) is 3.15. The normalized spacial score (nSPS) is 21.8. The molecule has 0 aromatic heterocycles. The number of rotatable bonds is 2. The molecule has 1 aliphatic heterocycles. The van der Waals surface area contributed by atoms with Crippen molar-refractivity contribution in [3.05, 3.63) is 29.8 Å². The van der Waals surface area contributed by atoms with Crippen molar-refractivity contribution in [1.29, 1.82) is 0 Å². The van der Waals surface area contributed by atoms with E-state index >= 15 is 0 Å². The molecule has 1 aliphatic rings. The van der Waals surface area contributed by atoms with E-state index in [2.05, 4.69) is 17.4 Å². The number of anilines is 1. The summed E-state index contributed by atoms with van der Waals surface area (Å²) in [5, 5.41) is 3.38. The fourth-order valence-electron chi connectivity index (χ4n) is 1.46. The molecule has 1 saturated heterocycles. The minimum atomic E-state index is 0.702. The van der Waals surface area contributed by atoms with E-state index in [1.54, 1.807) is 0 Å². The number of nitrogens with two attached hydrogens (primary N) is 1. The van der Waals surface area contributed by atoms with Crippen LogP contribution in [0.3, 0.4) is 0 Å². The van der Waals surface area contributed by atoms with Gasteiger partial charge in [-0.25, -0.2) is 0 Å². The predicted octanol–water partition coefficient (Wildman–Crippen LogP) is 1.17. The van der Waals surface area contributed by atoms with Crippen molar-refractivity contribution in [2.24, 2.45) is 0 Å². The van der Waals surface area contributed by atoms with Crippen LogP contribution in [0.2, 0.25) is 0 Å². The van der Waals surface area contributed by atoms with E-state index in [4.69, 9.17) is 5.73 Å². The molecule has 0 bridgehead atoms. The zero-order valence-electron chi connectivity index (χ0n) is 7.09. The molecule has 1 aromatic rings. The topological polar surface area (TPSA) is 38.0 Å². The molecule has 2 nitrogen and oxygen atoms in total. The Morgan fingerprint density at radius 3 is 2.50 bits per heavy atom. The molecule has 64 valence electrons. The third-order valence-corrected chi connectivity index (χ3v) is 2.39. The molecule has 2 heteroatoms. The molecule has 1 unspecified atom stereocenters. The molecule has 3 N–H and O–H groups in total. The molecule has 0 spiro atoms. The predicted molar refractivity (Wildman–Crippen MR) is 51.0 cm³/mol. The van der Waals surface area contributed by atoms with Gasteiger partial charge in [0, 0.05) is 11.7 Å². The summed E-state index contributed by atoms with van der Waals surface area (Å²) in [5.41, 5.74) is 7.81. The molecular weight excluding hydrogens is 148 g/mol. The first-order valence-electron chi connectivity index (χ1n) is 4.42. The van der Waals surface area contributed by atoms with E-state index in [1.807, 2.05) is 12.1 Å². The number of hydrogen-bond acceptors (Lipinski definition) is 2. The molecule has 0 aliphatic carbocycles. The van der Waals surface area contributed by atoms with Gasteiger partial charge in [-0.15, -0.1) is 0 Å². The van der Waals surface area contributed by atoms with Gasteiger partial charge in [0.05, 0.1) is 0 Å². The number of benzene rings is 1. The minimum Gasteiger partial charge on any atom is -0.399 e. The molecule has 0 amide bonds. The zero-order valence-corrected chi connectivity index (χ0v) is 7.09. The van der Waals surface area contributed by atoms with E-state index in [9.17, 15) is 0 Å². The van der Waals surface area contributed by atoms with Gasteiger partial charge in [-0.3, -0.25) is 0 Å². The SMILES string of the molecule is Nc1ccc(CC2CCN2)cc1. The first-order chi connectivity index (χ1) is 5.84. The van der Waals surface area contributed by atoms with Crippen molar-refractivity contribution in [3.8, 4) is 0 Å². The van der Waals surface area contributed by atoms with E-state index < -0.39 is 0 Å². The molecule has 1 heterocycles. The van der Waals surface area contributed by atoms with Crippen LogP contribution in [0.25, 0.3) is 0 Å². The van der Waals surface area contributed by atoms with Gasteiger partial charge in [-0.2, -0.15) is 0 Å². The largest absolute Gasteiger partial charge is 0.399 e. The highest BCUT2D eigenvalue weighted by Gasteiger charge is 2.15. The van der Waals surface area contributed by atoms with Crippen molar-refractivity contribution >= 4 is 5.69 Å². The van der Waals surface area contributed by atoms with E-state index in [-0.39, 0.29) is 0 Å². The first kappa shape index (κ1) is 7.62. The number of hydrogen-bond donors (Lipinski definition) is 2.